The molecule has 1 heterocycles. The fourth-order valence-electron chi connectivity index (χ4n) is 2.54. The zero-order valence-corrected chi connectivity index (χ0v) is 8.29. The number of likely N-dealkylation sites (tertiary alicyclic amines) is 1. The van der Waals surface area contributed by atoms with E-state index in [2.05, 4.69) is 17.5 Å². The van der Waals surface area contributed by atoms with E-state index in [4.69, 9.17) is 0 Å². The Labute approximate surface area is 78.8 Å². The third-order valence-electron chi connectivity index (χ3n) is 3.46. The summed E-state index contributed by atoms with van der Waals surface area (Å²) in [5.41, 5.74) is 3.61. The van der Waals surface area contributed by atoms with Gasteiger partial charge in [0.2, 0.25) is 6.41 Å². The van der Waals surface area contributed by atoms with Gasteiger partial charge in [0.25, 0.3) is 0 Å². The highest BCUT2D eigenvalue weighted by molar-refractivity contribution is 5.49. The highest BCUT2D eigenvalue weighted by atomic mass is 16.1. The van der Waals surface area contributed by atoms with Crippen LogP contribution in [0, 0.1) is 5.41 Å². The van der Waals surface area contributed by atoms with Gasteiger partial charge in [0.05, 0.1) is 0 Å². The van der Waals surface area contributed by atoms with Gasteiger partial charge in [-0.3, -0.25) is 10.2 Å². The second-order valence-corrected chi connectivity index (χ2v) is 4.41. The third-order valence-corrected chi connectivity index (χ3v) is 3.46. The SMILES string of the molecule is CNN(C)C1CC2(C1)CN(C=O)C2. The van der Waals surface area contributed by atoms with E-state index in [9.17, 15) is 4.79 Å². The maximum atomic E-state index is 10.4. The van der Waals surface area contributed by atoms with Gasteiger partial charge >= 0.3 is 0 Å². The molecule has 1 saturated heterocycles. The van der Waals surface area contributed by atoms with Crippen LogP contribution < -0.4 is 5.43 Å². The summed E-state index contributed by atoms with van der Waals surface area (Å²) in [5, 5.41) is 2.16. The number of nitrogens with zero attached hydrogens (tertiary/aromatic N) is 2. The number of amides is 1. The Bertz CT molecular complexity index is 205. The quantitative estimate of drug-likeness (QED) is 0.481. The number of carbonyl (C=O) groups is 1. The van der Waals surface area contributed by atoms with Crippen molar-refractivity contribution in [1.82, 2.24) is 15.3 Å². The summed E-state index contributed by atoms with van der Waals surface area (Å²) in [6, 6.07) is 0.666. The van der Waals surface area contributed by atoms with Crippen LogP contribution in [0.3, 0.4) is 0 Å². The van der Waals surface area contributed by atoms with E-state index < -0.39 is 0 Å². The van der Waals surface area contributed by atoms with Crippen LogP contribution in [0.15, 0.2) is 0 Å². The number of nitrogens with one attached hydrogen (secondary N) is 1. The summed E-state index contributed by atoms with van der Waals surface area (Å²) < 4.78 is 0. The standard InChI is InChI=1S/C9H17N3O/c1-10-11(2)8-3-9(4-8)5-12(6-9)7-13/h7-8,10H,3-6H2,1-2H3. The number of rotatable bonds is 3. The molecule has 2 fully saturated rings. The van der Waals surface area contributed by atoms with Crippen molar-refractivity contribution in [1.29, 1.82) is 0 Å². The fourth-order valence-corrected chi connectivity index (χ4v) is 2.54. The number of carbonyl (C=O) groups excluding carboxylic acids is 1. The van der Waals surface area contributed by atoms with Crippen molar-refractivity contribution in [3.05, 3.63) is 0 Å². The van der Waals surface area contributed by atoms with E-state index in [1.807, 2.05) is 11.9 Å². The normalized spacial score (nSPS) is 25.9. The summed E-state index contributed by atoms with van der Waals surface area (Å²) in [4.78, 5) is 12.2. The Morgan fingerprint density at radius 1 is 1.54 bits per heavy atom. The molecular weight excluding hydrogens is 166 g/mol. The summed E-state index contributed by atoms with van der Waals surface area (Å²) in [6.07, 6.45) is 3.42. The Morgan fingerprint density at radius 2 is 2.15 bits per heavy atom. The molecule has 1 aliphatic heterocycles. The zero-order chi connectivity index (χ0) is 9.47. The van der Waals surface area contributed by atoms with E-state index >= 15 is 0 Å². The van der Waals surface area contributed by atoms with Crippen LogP contribution >= 0.6 is 0 Å². The van der Waals surface area contributed by atoms with Crippen molar-refractivity contribution in [3.8, 4) is 0 Å². The first-order valence-electron chi connectivity index (χ1n) is 4.79. The maximum absolute atomic E-state index is 10.4. The van der Waals surface area contributed by atoms with Crippen molar-refractivity contribution >= 4 is 6.41 Å². The first-order chi connectivity index (χ1) is 6.19. The molecule has 2 rings (SSSR count). The van der Waals surface area contributed by atoms with E-state index in [-0.39, 0.29) is 0 Å². The van der Waals surface area contributed by atoms with Gasteiger partial charge in [0, 0.05) is 31.6 Å². The molecule has 74 valence electrons. The molecule has 1 spiro atoms. The van der Waals surface area contributed by atoms with Crippen LogP contribution in [0.2, 0.25) is 0 Å². The second-order valence-electron chi connectivity index (χ2n) is 4.41. The lowest BCUT2D eigenvalue weighted by molar-refractivity contribution is -0.145. The van der Waals surface area contributed by atoms with Gasteiger partial charge in [-0.25, -0.2) is 5.01 Å². The molecule has 1 N–H and O–H groups in total. The first-order valence-corrected chi connectivity index (χ1v) is 4.79. The molecule has 0 aromatic carbocycles. The molecule has 1 amide bonds. The Kier molecular flexibility index (Phi) is 2.04. The summed E-state index contributed by atoms with van der Waals surface area (Å²) in [7, 11) is 4.02. The smallest absolute Gasteiger partial charge is 0.209 e. The summed E-state index contributed by atoms with van der Waals surface area (Å²) >= 11 is 0. The maximum Gasteiger partial charge on any atom is 0.209 e. The minimum absolute atomic E-state index is 0.483. The van der Waals surface area contributed by atoms with E-state index in [0.29, 0.717) is 11.5 Å². The molecule has 1 saturated carbocycles. The van der Waals surface area contributed by atoms with Gasteiger partial charge in [-0.2, -0.15) is 0 Å². The lowest BCUT2D eigenvalue weighted by Crippen LogP contribution is -2.66. The van der Waals surface area contributed by atoms with E-state index in [0.717, 1.165) is 19.5 Å². The monoisotopic (exact) mass is 183 g/mol. The van der Waals surface area contributed by atoms with Gasteiger partial charge in [0.1, 0.15) is 0 Å². The van der Waals surface area contributed by atoms with Crippen molar-refractivity contribution in [2.24, 2.45) is 5.41 Å². The van der Waals surface area contributed by atoms with Gasteiger partial charge < -0.3 is 4.90 Å². The summed E-state index contributed by atoms with van der Waals surface area (Å²) in [5.74, 6) is 0. The molecular formula is C9H17N3O. The number of hydrazine groups is 1. The lowest BCUT2D eigenvalue weighted by Gasteiger charge is -2.59. The zero-order valence-electron chi connectivity index (χ0n) is 8.29. The van der Waals surface area contributed by atoms with Crippen LogP contribution in [0.5, 0.6) is 0 Å². The Balaban J connectivity index is 1.76. The molecule has 2 aliphatic rings. The van der Waals surface area contributed by atoms with Crippen molar-refractivity contribution in [3.63, 3.8) is 0 Å². The van der Waals surface area contributed by atoms with E-state index in [1.54, 1.807) is 0 Å². The minimum Gasteiger partial charge on any atom is -0.344 e. The Hall–Kier alpha value is -0.610. The average molecular weight is 183 g/mol. The van der Waals surface area contributed by atoms with Crippen LogP contribution in [0.1, 0.15) is 12.8 Å². The molecule has 1 aliphatic carbocycles. The predicted molar refractivity (Wildman–Crippen MR) is 49.9 cm³/mol. The minimum atomic E-state index is 0.483. The molecule has 4 nitrogen and oxygen atoms in total. The van der Waals surface area contributed by atoms with Crippen LogP contribution in [0.25, 0.3) is 0 Å². The fraction of sp³-hybridized carbons (Fsp3) is 0.889. The molecule has 0 bridgehead atoms. The first kappa shape index (κ1) is 8.97. The molecule has 0 radical (unpaired) electrons. The molecule has 0 atom stereocenters. The highest BCUT2D eigenvalue weighted by Gasteiger charge is 2.52. The largest absolute Gasteiger partial charge is 0.344 e. The van der Waals surface area contributed by atoms with Crippen molar-refractivity contribution in [2.75, 3.05) is 27.2 Å². The van der Waals surface area contributed by atoms with Crippen LogP contribution in [-0.4, -0.2) is 49.5 Å². The number of hydrogen-bond acceptors (Lipinski definition) is 3. The predicted octanol–water partition coefficient (Wildman–Crippen LogP) is -0.327. The molecule has 0 unspecified atom stereocenters. The molecule has 0 aromatic rings. The van der Waals surface area contributed by atoms with Gasteiger partial charge in [-0.15, -0.1) is 0 Å². The molecule has 13 heavy (non-hydrogen) atoms. The van der Waals surface area contributed by atoms with Crippen molar-refractivity contribution in [2.45, 2.75) is 18.9 Å². The number of hydrogen-bond donors (Lipinski definition) is 1. The van der Waals surface area contributed by atoms with Gasteiger partial charge in [-0.1, -0.05) is 0 Å². The third kappa shape index (κ3) is 1.34. The van der Waals surface area contributed by atoms with Crippen molar-refractivity contribution < 1.29 is 4.79 Å². The second kappa shape index (κ2) is 2.96. The molecule has 4 heteroatoms. The van der Waals surface area contributed by atoms with Crippen LogP contribution in [-0.2, 0) is 4.79 Å². The van der Waals surface area contributed by atoms with Crippen LogP contribution in [0.4, 0.5) is 0 Å². The van der Waals surface area contributed by atoms with E-state index in [1.165, 1.54) is 12.8 Å². The average Bonchev–Trinajstić information content (AvgIpc) is 1.99. The lowest BCUT2D eigenvalue weighted by atomic mass is 9.60. The Morgan fingerprint density at radius 3 is 2.62 bits per heavy atom. The summed E-state index contributed by atoms with van der Waals surface area (Å²) in [6.45, 7) is 1.95. The molecule has 0 aromatic heterocycles. The van der Waals surface area contributed by atoms with Gasteiger partial charge in [-0.05, 0) is 19.9 Å². The highest BCUT2D eigenvalue weighted by Crippen LogP contribution is 2.49. The topological polar surface area (TPSA) is 35.6 Å². The van der Waals surface area contributed by atoms with Gasteiger partial charge in [0.15, 0.2) is 0 Å².